The van der Waals surface area contributed by atoms with E-state index in [-0.39, 0.29) is 0 Å². The predicted octanol–water partition coefficient (Wildman–Crippen LogP) is 5.17. The molecule has 2 unspecified atom stereocenters. The Morgan fingerprint density at radius 3 is 2.90 bits per heavy atom. The molecule has 1 saturated carbocycles. The Hall–Kier alpha value is -0.860. The van der Waals surface area contributed by atoms with Gasteiger partial charge in [-0.3, -0.25) is 0 Å². The molecule has 2 heteroatoms. The maximum absolute atomic E-state index is 3.66. The molecule has 0 radical (unpaired) electrons. The number of rotatable bonds is 4. The first kappa shape index (κ1) is 14.1. The summed E-state index contributed by atoms with van der Waals surface area (Å²) in [7, 11) is 0. The highest BCUT2D eigenvalue weighted by Gasteiger charge is 2.27. The van der Waals surface area contributed by atoms with Gasteiger partial charge in [-0.2, -0.15) is 0 Å². The van der Waals surface area contributed by atoms with Crippen molar-refractivity contribution in [2.45, 2.75) is 51.5 Å². The van der Waals surface area contributed by atoms with Crippen molar-refractivity contribution in [3.8, 4) is 0 Å². The van der Waals surface area contributed by atoms with E-state index >= 15 is 0 Å². The highest BCUT2D eigenvalue weighted by atomic mass is 32.1. The molecule has 0 aliphatic heterocycles. The van der Waals surface area contributed by atoms with Crippen molar-refractivity contribution in [1.29, 1.82) is 0 Å². The maximum Gasteiger partial charge on any atom is 0.0377 e. The van der Waals surface area contributed by atoms with Gasteiger partial charge in [-0.1, -0.05) is 44.9 Å². The van der Waals surface area contributed by atoms with E-state index in [4.69, 9.17) is 0 Å². The molecule has 0 bridgehead atoms. The fraction of sp³-hybridized carbons (Fsp3) is 0.556. The van der Waals surface area contributed by atoms with Gasteiger partial charge < -0.3 is 5.32 Å². The van der Waals surface area contributed by atoms with Crippen molar-refractivity contribution in [2.24, 2.45) is 5.92 Å². The van der Waals surface area contributed by atoms with Crippen LogP contribution in [0.25, 0.3) is 10.1 Å². The van der Waals surface area contributed by atoms with E-state index in [0.29, 0.717) is 6.04 Å². The van der Waals surface area contributed by atoms with Crippen molar-refractivity contribution in [3.05, 3.63) is 35.2 Å². The van der Waals surface area contributed by atoms with Gasteiger partial charge in [-0.15, -0.1) is 11.3 Å². The number of fused-ring (bicyclic) bond motifs is 1. The quantitative estimate of drug-likeness (QED) is 0.817. The molecule has 1 fully saturated rings. The first-order valence-corrected chi connectivity index (χ1v) is 8.83. The molecular formula is C18H25NS. The molecule has 1 aromatic carbocycles. The van der Waals surface area contributed by atoms with Crippen LogP contribution in [-0.2, 0) is 0 Å². The summed E-state index contributed by atoms with van der Waals surface area (Å²) in [6.07, 6.45) is 5.54. The second-order valence-corrected chi connectivity index (χ2v) is 7.32. The zero-order valence-electron chi connectivity index (χ0n) is 12.6. The summed E-state index contributed by atoms with van der Waals surface area (Å²) in [5.41, 5.74) is 1.60. The Bertz CT molecular complexity index is 557. The van der Waals surface area contributed by atoms with Crippen molar-refractivity contribution >= 4 is 21.4 Å². The average molecular weight is 287 g/mol. The lowest BCUT2D eigenvalue weighted by atomic mass is 9.75. The number of hydrogen-bond acceptors (Lipinski definition) is 2. The summed E-state index contributed by atoms with van der Waals surface area (Å²) in [6.45, 7) is 5.67. The van der Waals surface area contributed by atoms with Crippen LogP contribution in [0.3, 0.4) is 0 Å². The van der Waals surface area contributed by atoms with Crippen LogP contribution >= 0.6 is 11.3 Å². The third kappa shape index (κ3) is 2.91. The lowest BCUT2D eigenvalue weighted by Crippen LogP contribution is -2.33. The minimum atomic E-state index is 0.593. The summed E-state index contributed by atoms with van der Waals surface area (Å²) in [4.78, 5) is 0. The Morgan fingerprint density at radius 1 is 1.20 bits per heavy atom. The van der Waals surface area contributed by atoms with E-state index < -0.39 is 0 Å². The van der Waals surface area contributed by atoms with E-state index in [0.717, 1.165) is 11.8 Å². The fourth-order valence-electron chi connectivity index (χ4n) is 3.56. The standard InChI is InChI=1S/C18H25NS/c1-13(2)19-12-15-6-3-4-8-16(15)17-9-5-7-14-10-11-20-18(14)17/h5,7,9-11,13,15-16,19H,3-4,6,8,12H2,1-2H3. The summed E-state index contributed by atoms with van der Waals surface area (Å²) >= 11 is 1.91. The normalized spacial score (nSPS) is 23.6. The van der Waals surface area contributed by atoms with Crippen LogP contribution in [0.2, 0.25) is 0 Å². The van der Waals surface area contributed by atoms with Crippen LogP contribution in [0.1, 0.15) is 51.0 Å². The van der Waals surface area contributed by atoms with Gasteiger partial charge in [0.05, 0.1) is 0 Å². The lowest BCUT2D eigenvalue weighted by molar-refractivity contribution is 0.291. The summed E-state index contributed by atoms with van der Waals surface area (Å²) in [5.74, 6) is 1.55. The Morgan fingerprint density at radius 2 is 2.05 bits per heavy atom. The van der Waals surface area contributed by atoms with Gasteiger partial charge in [0.1, 0.15) is 0 Å². The zero-order valence-corrected chi connectivity index (χ0v) is 13.4. The molecule has 0 amide bonds. The smallest absolute Gasteiger partial charge is 0.0377 e. The zero-order chi connectivity index (χ0) is 13.9. The van der Waals surface area contributed by atoms with Crippen LogP contribution in [-0.4, -0.2) is 12.6 Å². The molecule has 1 aliphatic rings. The van der Waals surface area contributed by atoms with Gasteiger partial charge in [0.15, 0.2) is 0 Å². The van der Waals surface area contributed by atoms with Gasteiger partial charge in [-0.05, 0) is 53.6 Å². The van der Waals surface area contributed by atoms with Gasteiger partial charge >= 0.3 is 0 Å². The lowest BCUT2D eigenvalue weighted by Gasteiger charge is -2.33. The van der Waals surface area contributed by atoms with E-state index in [1.54, 1.807) is 5.56 Å². The van der Waals surface area contributed by atoms with Crippen LogP contribution in [0.4, 0.5) is 0 Å². The highest BCUT2D eigenvalue weighted by Crippen LogP contribution is 2.41. The molecule has 1 nitrogen and oxygen atoms in total. The first-order chi connectivity index (χ1) is 9.75. The van der Waals surface area contributed by atoms with Crippen molar-refractivity contribution in [2.75, 3.05) is 6.54 Å². The third-order valence-corrected chi connectivity index (χ3v) is 5.59. The summed E-state index contributed by atoms with van der Waals surface area (Å²) in [5, 5.41) is 7.32. The molecule has 1 N–H and O–H groups in total. The monoisotopic (exact) mass is 287 g/mol. The second kappa shape index (κ2) is 6.28. The Labute approximate surface area is 126 Å². The van der Waals surface area contributed by atoms with Crippen LogP contribution in [0, 0.1) is 5.92 Å². The topological polar surface area (TPSA) is 12.0 Å². The highest BCUT2D eigenvalue weighted by molar-refractivity contribution is 7.17. The molecule has 2 aromatic rings. The molecule has 3 rings (SSSR count). The van der Waals surface area contributed by atoms with E-state index in [1.807, 2.05) is 11.3 Å². The van der Waals surface area contributed by atoms with Crippen molar-refractivity contribution < 1.29 is 0 Å². The molecule has 108 valence electrons. The Balaban J connectivity index is 1.87. The molecule has 0 saturated heterocycles. The molecular weight excluding hydrogens is 262 g/mol. The number of thiophene rings is 1. The molecule has 1 heterocycles. The third-order valence-electron chi connectivity index (χ3n) is 4.61. The molecule has 2 atom stereocenters. The van der Waals surface area contributed by atoms with Gasteiger partial charge in [0.2, 0.25) is 0 Å². The molecule has 20 heavy (non-hydrogen) atoms. The molecule has 0 spiro atoms. The van der Waals surface area contributed by atoms with Gasteiger partial charge in [-0.25, -0.2) is 0 Å². The van der Waals surface area contributed by atoms with E-state index in [2.05, 4.69) is 48.8 Å². The van der Waals surface area contributed by atoms with E-state index in [1.165, 1.54) is 42.3 Å². The fourth-order valence-corrected chi connectivity index (χ4v) is 4.54. The van der Waals surface area contributed by atoms with Gasteiger partial charge in [0.25, 0.3) is 0 Å². The summed E-state index contributed by atoms with van der Waals surface area (Å²) < 4.78 is 1.52. The number of benzene rings is 1. The number of hydrogen-bond donors (Lipinski definition) is 1. The van der Waals surface area contributed by atoms with Crippen LogP contribution in [0.15, 0.2) is 29.6 Å². The van der Waals surface area contributed by atoms with Crippen LogP contribution in [0.5, 0.6) is 0 Å². The van der Waals surface area contributed by atoms with E-state index in [9.17, 15) is 0 Å². The largest absolute Gasteiger partial charge is 0.314 e. The molecule has 1 aliphatic carbocycles. The van der Waals surface area contributed by atoms with Crippen LogP contribution < -0.4 is 5.32 Å². The van der Waals surface area contributed by atoms with Crippen molar-refractivity contribution in [1.82, 2.24) is 5.32 Å². The summed E-state index contributed by atoms with van der Waals surface area (Å²) in [6, 6.07) is 9.71. The van der Waals surface area contributed by atoms with Crippen molar-refractivity contribution in [3.63, 3.8) is 0 Å². The SMILES string of the molecule is CC(C)NCC1CCCCC1c1cccc2ccsc12. The maximum atomic E-state index is 3.66. The van der Waals surface area contributed by atoms with Gasteiger partial charge in [0, 0.05) is 10.7 Å². The molecule has 1 aromatic heterocycles. The predicted molar refractivity (Wildman–Crippen MR) is 89.7 cm³/mol. The Kier molecular flexibility index (Phi) is 4.42. The second-order valence-electron chi connectivity index (χ2n) is 6.40. The first-order valence-electron chi connectivity index (χ1n) is 7.95. The number of nitrogens with one attached hydrogen (secondary N) is 1. The minimum absolute atomic E-state index is 0.593. The minimum Gasteiger partial charge on any atom is -0.314 e. The average Bonchev–Trinajstić information content (AvgIpc) is 2.93.